The highest BCUT2D eigenvalue weighted by atomic mass is 16.8. The lowest BCUT2D eigenvalue weighted by molar-refractivity contribution is -0.373. The molecule has 17 nitrogen and oxygen atoms in total. The molecule has 4 rings (SSSR count). The molecule has 41 heavy (non-hydrogen) atoms. The maximum atomic E-state index is 11.2. The standard InChI is InChI=1S/C24H48N6O11/c1-29-14-17(34)21-11(6-10(28)22(40-21)39-20-9(27)5-8(26)15(32)18(20)35)37-23(14)41-24-19(36)16(33)13(12(7-31)38-24)30-4-2-3-25/h8-24,29-36H,2-7,25-28H2,1H3/t8-,9?,10?,11+,12?,13-,14?,15?,16?,17?,18?,19?,20-,21?,22+,23?,24-/m1/s1. The first-order valence-corrected chi connectivity index (χ1v) is 14.2. The van der Waals surface area contributed by atoms with Crippen LogP contribution in [0.4, 0.5) is 0 Å². The molecule has 1 saturated carbocycles. The van der Waals surface area contributed by atoms with Gasteiger partial charge in [0.15, 0.2) is 18.9 Å². The van der Waals surface area contributed by atoms with E-state index in [2.05, 4.69) is 10.6 Å². The summed E-state index contributed by atoms with van der Waals surface area (Å²) in [7, 11) is 1.57. The molecule has 4 fully saturated rings. The van der Waals surface area contributed by atoms with Crippen molar-refractivity contribution >= 4 is 0 Å². The lowest BCUT2D eigenvalue weighted by atomic mass is 9.84. The van der Waals surface area contributed by atoms with Gasteiger partial charge in [0.25, 0.3) is 0 Å². The van der Waals surface area contributed by atoms with Crippen LogP contribution in [-0.2, 0) is 23.7 Å². The molecule has 0 aromatic heterocycles. The van der Waals surface area contributed by atoms with Crippen molar-refractivity contribution < 1.29 is 54.3 Å². The predicted octanol–water partition coefficient (Wildman–Crippen LogP) is -6.97. The van der Waals surface area contributed by atoms with E-state index < -0.39 is 111 Å². The van der Waals surface area contributed by atoms with Gasteiger partial charge in [-0.2, -0.15) is 0 Å². The van der Waals surface area contributed by atoms with Crippen molar-refractivity contribution in [3.05, 3.63) is 0 Å². The van der Waals surface area contributed by atoms with Crippen molar-refractivity contribution in [2.75, 3.05) is 26.7 Å². The minimum atomic E-state index is -1.50. The highest BCUT2D eigenvalue weighted by Crippen LogP contribution is 2.35. The predicted molar refractivity (Wildman–Crippen MR) is 141 cm³/mol. The van der Waals surface area contributed by atoms with Crippen LogP contribution in [0.3, 0.4) is 0 Å². The van der Waals surface area contributed by atoms with E-state index in [4.69, 9.17) is 46.6 Å². The van der Waals surface area contributed by atoms with Gasteiger partial charge in [-0.05, 0) is 39.4 Å². The number of fused-ring (bicyclic) bond motifs is 1. The molecule has 0 spiro atoms. The van der Waals surface area contributed by atoms with Gasteiger partial charge in [-0.3, -0.25) is 0 Å². The van der Waals surface area contributed by atoms with Crippen LogP contribution < -0.4 is 33.6 Å². The van der Waals surface area contributed by atoms with Gasteiger partial charge in [0.05, 0.1) is 36.9 Å². The van der Waals surface area contributed by atoms with E-state index in [1.54, 1.807) is 7.05 Å². The Kier molecular flexibility index (Phi) is 11.7. The molecule has 17 atom stereocenters. The van der Waals surface area contributed by atoms with E-state index in [9.17, 15) is 30.6 Å². The summed E-state index contributed by atoms with van der Waals surface area (Å²) in [6.07, 6.45) is -12.9. The van der Waals surface area contributed by atoms with Crippen molar-refractivity contribution in [3.63, 3.8) is 0 Å². The largest absolute Gasteiger partial charge is 0.394 e. The molecule has 3 aliphatic heterocycles. The quantitative estimate of drug-likeness (QED) is 0.104. The summed E-state index contributed by atoms with van der Waals surface area (Å²) in [6, 6.07) is -3.79. The third kappa shape index (κ3) is 7.02. The van der Waals surface area contributed by atoms with Crippen LogP contribution in [0.1, 0.15) is 19.3 Å². The molecule has 0 amide bonds. The van der Waals surface area contributed by atoms with E-state index in [1.165, 1.54) is 0 Å². The number of likely N-dealkylation sites (N-methyl/N-ethyl adjacent to an activating group) is 1. The second-order valence-electron chi connectivity index (χ2n) is 11.3. The molecule has 3 saturated heterocycles. The molecule has 16 N–H and O–H groups in total. The number of ether oxygens (including phenoxy) is 5. The first kappa shape index (κ1) is 33.2. The van der Waals surface area contributed by atoms with E-state index >= 15 is 0 Å². The highest BCUT2D eigenvalue weighted by Gasteiger charge is 2.54. The first-order chi connectivity index (χ1) is 19.5. The summed E-state index contributed by atoms with van der Waals surface area (Å²) in [5, 5.41) is 69.3. The molecular formula is C24H48N6O11. The van der Waals surface area contributed by atoms with Crippen molar-refractivity contribution in [1.29, 1.82) is 0 Å². The topological polar surface area (TPSA) is 296 Å². The maximum Gasteiger partial charge on any atom is 0.189 e. The van der Waals surface area contributed by atoms with Gasteiger partial charge in [0.2, 0.25) is 0 Å². The lowest BCUT2D eigenvalue weighted by Crippen LogP contribution is -2.70. The fourth-order valence-corrected chi connectivity index (χ4v) is 6.05. The SMILES string of the molecule is CNC1C(O[C@H]2OC(CO)[C@@H](NCCCN)C(O)C2O)O[C@H]2CC(N)[C@@H](O[C@@H]3C(N)C[C@@H](N)C(O)C3O)OC2C1O. The van der Waals surface area contributed by atoms with Crippen molar-refractivity contribution in [2.24, 2.45) is 22.9 Å². The average molecular weight is 597 g/mol. The van der Waals surface area contributed by atoms with Gasteiger partial charge >= 0.3 is 0 Å². The number of nitrogens with one attached hydrogen (secondary N) is 2. The molecule has 3 heterocycles. The van der Waals surface area contributed by atoms with Crippen LogP contribution in [0.25, 0.3) is 0 Å². The first-order valence-electron chi connectivity index (χ1n) is 14.2. The average Bonchev–Trinajstić information content (AvgIpc) is 2.94. The third-order valence-electron chi connectivity index (χ3n) is 8.45. The van der Waals surface area contributed by atoms with Crippen LogP contribution in [0, 0.1) is 0 Å². The van der Waals surface area contributed by atoms with E-state index in [0.717, 1.165) is 0 Å². The molecule has 0 aromatic rings. The summed E-state index contributed by atoms with van der Waals surface area (Å²) in [5.41, 5.74) is 23.8. The highest BCUT2D eigenvalue weighted by molar-refractivity contribution is 5.02. The molecule has 0 radical (unpaired) electrons. The summed E-state index contributed by atoms with van der Waals surface area (Å²) in [6.45, 7) is 0.423. The zero-order valence-corrected chi connectivity index (χ0v) is 23.1. The van der Waals surface area contributed by atoms with Gasteiger partial charge in [-0.1, -0.05) is 0 Å². The number of nitrogens with two attached hydrogens (primary N) is 4. The molecule has 4 aliphatic rings. The van der Waals surface area contributed by atoms with Gasteiger partial charge < -0.3 is 87.9 Å². The van der Waals surface area contributed by atoms with E-state index in [1.807, 2.05) is 0 Å². The van der Waals surface area contributed by atoms with Crippen LogP contribution in [-0.4, -0.2) is 161 Å². The monoisotopic (exact) mass is 596 g/mol. The van der Waals surface area contributed by atoms with Crippen molar-refractivity contribution in [2.45, 2.75) is 123 Å². The summed E-state index contributed by atoms with van der Waals surface area (Å²) >= 11 is 0. The summed E-state index contributed by atoms with van der Waals surface area (Å²) < 4.78 is 29.7. The minimum absolute atomic E-state index is 0.159. The van der Waals surface area contributed by atoms with Crippen LogP contribution in [0.5, 0.6) is 0 Å². The van der Waals surface area contributed by atoms with Crippen LogP contribution >= 0.6 is 0 Å². The molecule has 11 unspecified atom stereocenters. The molecule has 1 aliphatic carbocycles. The normalized spacial score (nSPS) is 50.9. The van der Waals surface area contributed by atoms with E-state index in [-0.39, 0.29) is 12.8 Å². The number of hydrogen-bond acceptors (Lipinski definition) is 17. The summed E-state index contributed by atoms with van der Waals surface area (Å²) in [4.78, 5) is 0. The Morgan fingerprint density at radius 2 is 1.49 bits per heavy atom. The fourth-order valence-electron chi connectivity index (χ4n) is 6.05. The number of aliphatic hydroxyl groups excluding tert-OH is 6. The van der Waals surface area contributed by atoms with Crippen LogP contribution in [0.2, 0.25) is 0 Å². The zero-order chi connectivity index (χ0) is 30.0. The second kappa shape index (κ2) is 14.4. The van der Waals surface area contributed by atoms with Gasteiger partial charge in [-0.15, -0.1) is 0 Å². The Morgan fingerprint density at radius 3 is 2.15 bits per heavy atom. The molecular weight excluding hydrogens is 548 g/mol. The minimum Gasteiger partial charge on any atom is -0.394 e. The molecule has 0 bridgehead atoms. The van der Waals surface area contributed by atoms with Gasteiger partial charge in [0, 0.05) is 12.1 Å². The third-order valence-corrected chi connectivity index (χ3v) is 8.45. The Balaban J connectivity index is 1.41. The summed E-state index contributed by atoms with van der Waals surface area (Å²) in [5.74, 6) is 0. The Morgan fingerprint density at radius 1 is 0.756 bits per heavy atom. The zero-order valence-electron chi connectivity index (χ0n) is 23.1. The second-order valence-corrected chi connectivity index (χ2v) is 11.3. The number of rotatable bonds is 10. The Hall–Kier alpha value is -0.680. The maximum absolute atomic E-state index is 11.2. The van der Waals surface area contributed by atoms with Gasteiger partial charge in [0.1, 0.15) is 42.7 Å². The van der Waals surface area contributed by atoms with Crippen LogP contribution in [0.15, 0.2) is 0 Å². The fraction of sp³-hybridized carbons (Fsp3) is 1.00. The number of hydrogen-bond donors (Lipinski definition) is 12. The smallest absolute Gasteiger partial charge is 0.189 e. The Labute approximate surface area is 238 Å². The van der Waals surface area contributed by atoms with E-state index in [0.29, 0.717) is 19.5 Å². The van der Waals surface area contributed by atoms with Crippen molar-refractivity contribution in [3.8, 4) is 0 Å². The number of aliphatic hydroxyl groups is 6. The van der Waals surface area contributed by atoms with Crippen molar-refractivity contribution in [1.82, 2.24) is 10.6 Å². The van der Waals surface area contributed by atoms with Gasteiger partial charge in [-0.25, -0.2) is 0 Å². The Bertz CT molecular complexity index is 820. The lowest BCUT2D eigenvalue weighted by Gasteiger charge is -2.51. The molecule has 240 valence electrons. The molecule has 0 aromatic carbocycles. The molecule has 17 heteroatoms.